The number of hydrogen-bond donors (Lipinski definition) is 1. The van der Waals surface area contributed by atoms with Crippen LogP contribution in [-0.2, 0) is 19.3 Å². The molecule has 0 saturated heterocycles. The molecule has 0 aliphatic rings. The number of aryl methyl sites for hydroxylation is 2. The molecule has 0 aliphatic heterocycles. The van der Waals surface area contributed by atoms with Gasteiger partial charge in [-0.05, 0) is 19.9 Å². The molecule has 0 amide bonds. The molecule has 80 valence electrons. The molecule has 2 nitrogen and oxygen atoms in total. The molecule has 1 N–H and O–H groups in total. The van der Waals surface area contributed by atoms with Gasteiger partial charge in [0.15, 0.2) is 0 Å². The summed E-state index contributed by atoms with van der Waals surface area (Å²) in [5.74, 6) is 0. The highest BCUT2D eigenvalue weighted by atomic mass is 32.1. The zero-order valence-corrected chi connectivity index (χ0v) is 10.2. The Kier molecular flexibility index (Phi) is 5.12. The van der Waals surface area contributed by atoms with E-state index in [1.165, 1.54) is 22.0 Å². The van der Waals surface area contributed by atoms with Gasteiger partial charge in [0.05, 0.1) is 10.7 Å². The van der Waals surface area contributed by atoms with Gasteiger partial charge >= 0.3 is 0 Å². The first-order chi connectivity index (χ1) is 6.81. The van der Waals surface area contributed by atoms with Gasteiger partial charge in [0.25, 0.3) is 0 Å². The lowest BCUT2D eigenvalue weighted by Crippen LogP contribution is -2.10. The fraction of sp³-hybridized carbons (Fsp3) is 0.727. The summed E-state index contributed by atoms with van der Waals surface area (Å²) >= 11 is 1.89. The molecular formula is C11H20N2S. The number of thiazole rings is 1. The lowest BCUT2D eigenvalue weighted by Gasteiger charge is -1.94. The zero-order chi connectivity index (χ0) is 10.4. The van der Waals surface area contributed by atoms with Crippen LogP contribution in [-0.4, -0.2) is 18.6 Å². The van der Waals surface area contributed by atoms with Gasteiger partial charge in [-0.25, -0.2) is 4.98 Å². The Morgan fingerprint density at radius 2 is 2.07 bits per heavy atom. The van der Waals surface area contributed by atoms with E-state index in [1.807, 2.05) is 18.4 Å². The molecule has 0 saturated carbocycles. The van der Waals surface area contributed by atoms with Gasteiger partial charge in [0.2, 0.25) is 0 Å². The van der Waals surface area contributed by atoms with Crippen LogP contribution < -0.4 is 5.32 Å². The summed E-state index contributed by atoms with van der Waals surface area (Å²) in [6, 6.07) is 0. The first kappa shape index (κ1) is 11.7. The van der Waals surface area contributed by atoms with Gasteiger partial charge in [0, 0.05) is 17.8 Å². The van der Waals surface area contributed by atoms with Gasteiger partial charge in [0.1, 0.15) is 0 Å². The summed E-state index contributed by atoms with van der Waals surface area (Å²) in [7, 11) is 1.99. The molecular weight excluding hydrogens is 192 g/mol. The van der Waals surface area contributed by atoms with Gasteiger partial charge < -0.3 is 5.32 Å². The van der Waals surface area contributed by atoms with Crippen molar-refractivity contribution in [1.29, 1.82) is 0 Å². The monoisotopic (exact) mass is 212 g/mol. The van der Waals surface area contributed by atoms with Crippen LogP contribution in [0.15, 0.2) is 0 Å². The second kappa shape index (κ2) is 6.14. The van der Waals surface area contributed by atoms with E-state index in [0.29, 0.717) is 0 Å². The van der Waals surface area contributed by atoms with Crippen molar-refractivity contribution in [2.24, 2.45) is 0 Å². The standard InChI is InChI=1S/C11H20N2S/c1-4-6-9-10(5-2)14-11(13-9)7-8-12-3/h12H,4-8H2,1-3H3. The largest absolute Gasteiger partial charge is 0.319 e. The van der Waals surface area contributed by atoms with Crippen molar-refractivity contribution in [1.82, 2.24) is 10.3 Å². The zero-order valence-electron chi connectivity index (χ0n) is 9.39. The van der Waals surface area contributed by atoms with Gasteiger partial charge in [-0.15, -0.1) is 11.3 Å². The molecule has 3 heteroatoms. The molecule has 0 aromatic carbocycles. The van der Waals surface area contributed by atoms with Crippen LogP contribution in [0.5, 0.6) is 0 Å². The number of likely N-dealkylation sites (N-methyl/N-ethyl adjacent to an activating group) is 1. The van der Waals surface area contributed by atoms with Gasteiger partial charge in [-0.2, -0.15) is 0 Å². The Bertz CT molecular complexity index is 268. The van der Waals surface area contributed by atoms with Crippen molar-refractivity contribution in [3.63, 3.8) is 0 Å². The molecule has 0 atom stereocenters. The minimum atomic E-state index is 1.03. The highest BCUT2D eigenvalue weighted by Gasteiger charge is 2.07. The van der Waals surface area contributed by atoms with Gasteiger partial charge in [-0.1, -0.05) is 20.3 Å². The summed E-state index contributed by atoms with van der Waals surface area (Å²) in [4.78, 5) is 6.17. The molecule has 0 radical (unpaired) electrons. The van der Waals surface area contributed by atoms with E-state index in [1.54, 1.807) is 0 Å². The van der Waals surface area contributed by atoms with Crippen LogP contribution in [0.4, 0.5) is 0 Å². The highest BCUT2D eigenvalue weighted by molar-refractivity contribution is 7.11. The molecule has 1 aromatic rings. The Hall–Kier alpha value is -0.410. The van der Waals surface area contributed by atoms with Crippen molar-refractivity contribution in [3.05, 3.63) is 15.6 Å². The summed E-state index contributed by atoms with van der Waals surface area (Å²) in [5, 5.41) is 4.45. The predicted molar refractivity (Wildman–Crippen MR) is 63.1 cm³/mol. The Morgan fingerprint density at radius 3 is 2.64 bits per heavy atom. The van der Waals surface area contributed by atoms with Crippen LogP contribution in [0, 0.1) is 0 Å². The lowest BCUT2D eigenvalue weighted by molar-refractivity contribution is 0.780. The van der Waals surface area contributed by atoms with Gasteiger partial charge in [-0.3, -0.25) is 0 Å². The molecule has 0 bridgehead atoms. The Labute approximate surface area is 90.8 Å². The van der Waals surface area contributed by atoms with Crippen molar-refractivity contribution in [2.45, 2.75) is 39.5 Å². The van der Waals surface area contributed by atoms with E-state index in [9.17, 15) is 0 Å². The fourth-order valence-electron chi connectivity index (χ4n) is 1.48. The number of nitrogens with zero attached hydrogens (tertiary/aromatic N) is 1. The van der Waals surface area contributed by atoms with E-state index in [0.717, 1.165) is 25.8 Å². The average Bonchev–Trinajstić information content (AvgIpc) is 2.58. The Morgan fingerprint density at radius 1 is 1.29 bits per heavy atom. The summed E-state index contributed by atoms with van der Waals surface area (Å²) in [5.41, 5.74) is 1.34. The molecule has 0 fully saturated rings. The van der Waals surface area contributed by atoms with E-state index in [4.69, 9.17) is 0 Å². The quantitative estimate of drug-likeness (QED) is 0.783. The predicted octanol–water partition coefficient (Wildman–Crippen LogP) is 2.42. The van der Waals surface area contributed by atoms with E-state index >= 15 is 0 Å². The number of aromatic nitrogens is 1. The maximum Gasteiger partial charge on any atom is 0.0943 e. The first-order valence-corrected chi connectivity index (χ1v) is 6.25. The SMILES string of the molecule is CCCc1nc(CCNC)sc1CC. The third kappa shape index (κ3) is 3.07. The summed E-state index contributed by atoms with van der Waals surface area (Å²) < 4.78 is 0. The minimum Gasteiger partial charge on any atom is -0.319 e. The van der Waals surface area contributed by atoms with Crippen molar-refractivity contribution < 1.29 is 0 Å². The highest BCUT2D eigenvalue weighted by Crippen LogP contribution is 2.20. The number of hydrogen-bond acceptors (Lipinski definition) is 3. The second-order valence-electron chi connectivity index (χ2n) is 3.43. The molecule has 1 rings (SSSR count). The number of rotatable bonds is 6. The first-order valence-electron chi connectivity index (χ1n) is 5.43. The van der Waals surface area contributed by atoms with Crippen LogP contribution >= 0.6 is 11.3 Å². The molecule has 0 spiro atoms. The van der Waals surface area contributed by atoms with E-state index in [2.05, 4.69) is 24.1 Å². The second-order valence-corrected chi connectivity index (χ2v) is 4.60. The van der Waals surface area contributed by atoms with Crippen LogP contribution in [0.1, 0.15) is 35.8 Å². The molecule has 1 heterocycles. The molecule has 14 heavy (non-hydrogen) atoms. The molecule has 0 aliphatic carbocycles. The minimum absolute atomic E-state index is 1.03. The topological polar surface area (TPSA) is 24.9 Å². The molecule has 1 aromatic heterocycles. The maximum absolute atomic E-state index is 4.69. The summed E-state index contributed by atoms with van der Waals surface area (Å²) in [6.45, 7) is 5.46. The van der Waals surface area contributed by atoms with E-state index in [-0.39, 0.29) is 0 Å². The van der Waals surface area contributed by atoms with Crippen molar-refractivity contribution in [3.8, 4) is 0 Å². The lowest BCUT2D eigenvalue weighted by atomic mass is 10.2. The van der Waals surface area contributed by atoms with Crippen molar-refractivity contribution >= 4 is 11.3 Å². The maximum atomic E-state index is 4.69. The molecule has 0 unspecified atom stereocenters. The van der Waals surface area contributed by atoms with Crippen LogP contribution in [0.25, 0.3) is 0 Å². The average molecular weight is 212 g/mol. The number of nitrogens with one attached hydrogen (secondary N) is 1. The van der Waals surface area contributed by atoms with Crippen LogP contribution in [0.3, 0.4) is 0 Å². The third-order valence-electron chi connectivity index (χ3n) is 2.22. The van der Waals surface area contributed by atoms with Crippen LogP contribution in [0.2, 0.25) is 0 Å². The Balaban J connectivity index is 2.67. The van der Waals surface area contributed by atoms with E-state index < -0.39 is 0 Å². The fourth-order valence-corrected chi connectivity index (χ4v) is 2.54. The smallest absolute Gasteiger partial charge is 0.0943 e. The normalized spacial score (nSPS) is 10.8. The van der Waals surface area contributed by atoms with Crippen molar-refractivity contribution in [2.75, 3.05) is 13.6 Å². The summed E-state index contributed by atoms with van der Waals surface area (Å²) in [6.07, 6.45) is 4.53. The third-order valence-corrected chi connectivity index (χ3v) is 3.52.